The molecule has 0 fully saturated rings. The zero-order valence-electron chi connectivity index (χ0n) is 22.9. The summed E-state index contributed by atoms with van der Waals surface area (Å²) in [5, 5.41) is 27.7. The molecule has 0 amide bonds. The Bertz CT molecular complexity index is 1890. The third-order valence-corrected chi connectivity index (χ3v) is 7.37. The first kappa shape index (κ1) is 25.9. The van der Waals surface area contributed by atoms with E-state index < -0.39 is 5.60 Å². The molecule has 0 radical (unpaired) electrons. The SMILES string of the molecule is COc1nc2ccc(C(O)(c3ccc(C)nc3)c3cncn3C)cc2c(C#N)c1Cc1ccc(-n2cccn2)cc1. The highest BCUT2D eigenvalue weighted by Crippen LogP contribution is 2.39. The molecule has 0 aliphatic heterocycles. The molecule has 0 bridgehead atoms. The predicted molar refractivity (Wildman–Crippen MR) is 154 cm³/mol. The summed E-state index contributed by atoms with van der Waals surface area (Å²) in [7, 11) is 3.39. The number of imidazole rings is 1. The highest BCUT2D eigenvalue weighted by Gasteiger charge is 2.37. The van der Waals surface area contributed by atoms with Gasteiger partial charge in [0.05, 0.1) is 42.1 Å². The van der Waals surface area contributed by atoms with Gasteiger partial charge in [-0.15, -0.1) is 0 Å². The summed E-state index contributed by atoms with van der Waals surface area (Å²) in [6.45, 7) is 1.90. The lowest BCUT2D eigenvalue weighted by Crippen LogP contribution is -2.31. The Kier molecular flexibility index (Phi) is 6.53. The Hall–Kier alpha value is -5.33. The summed E-state index contributed by atoms with van der Waals surface area (Å²) in [4.78, 5) is 13.4. The van der Waals surface area contributed by atoms with Gasteiger partial charge in [0.25, 0.3) is 0 Å². The van der Waals surface area contributed by atoms with Crippen molar-refractivity contribution < 1.29 is 9.84 Å². The molecule has 0 aliphatic rings. The lowest BCUT2D eigenvalue weighted by Gasteiger charge is -2.30. The number of aryl methyl sites for hydroxylation is 2. The van der Waals surface area contributed by atoms with E-state index in [1.807, 2.05) is 74.8 Å². The maximum absolute atomic E-state index is 12.4. The molecule has 0 aliphatic carbocycles. The molecule has 4 heterocycles. The minimum absolute atomic E-state index is 0.391. The summed E-state index contributed by atoms with van der Waals surface area (Å²) >= 11 is 0. The number of ether oxygens (including phenoxy) is 1. The second kappa shape index (κ2) is 10.3. The van der Waals surface area contributed by atoms with E-state index in [4.69, 9.17) is 9.72 Å². The molecule has 1 atom stereocenters. The van der Waals surface area contributed by atoms with Crippen molar-refractivity contribution in [2.75, 3.05) is 7.11 Å². The standard InChI is InChI=1S/C32H27N7O2/c1-21-5-8-24(18-35-21)32(40,30-19-34-20-38(30)2)23-9-12-29-26(16-23)28(17-33)27(31(37-29)41-3)15-22-6-10-25(11-7-22)39-14-4-13-36-39/h4-14,16,18-20,40H,15H2,1-3H3. The van der Waals surface area contributed by atoms with Crippen molar-refractivity contribution in [2.24, 2.45) is 7.05 Å². The number of nitrogens with zero attached hydrogens (tertiary/aromatic N) is 7. The molecule has 6 rings (SSSR count). The first-order valence-corrected chi connectivity index (χ1v) is 13.0. The van der Waals surface area contributed by atoms with Gasteiger partial charge < -0.3 is 14.4 Å². The molecule has 2 aromatic carbocycles. The van der Waals surface area contributed by atoms with Gasteiger partial charge in [0.2, 0.25) is 5.88 Å². The van der Waals surface area contributed by atoms with E-state index in [0.717, 1.165) is 16.9 Å². The number of benzene rings is 2. The normalized spacial score (nSPS) is 12.7. The van der Waals surface area contributed by atoms with Crippen molar-refractivity contribution in [1.29, 1.82) is 5.26 Å². The molecule has 0 saturated heterocycles. The Balaban J connectivity index is 1.50. The maximum Gasteiger partial charge on any atom is 0.218 e. The van der Waals surface area contributed by atoms with Crippen LogP contribution < -0.4 is 4.74 Å². The van der Waals surface area contributed by atoms with Gasteiger partial charge in [-0.1, -0.05) is 24.3 Å². The number of rotatable bonds is 7. The van der Waals surface area contributed by atoms with Crippen LogP contribution in [0.4, 0.5) is 0 Å². The quantitative estimate of drug-likeness (QED) is 0.314. The number of pyridine rings is 2. The van der Waals surface area contributed by atoms with Crippen molar-refractivity contribution in [2.45, 2.75) is 18.9 Å². The lowest BCUT2D eigenvalue weighted by molar-refractivity contribution is 0.117. The number of methoxy groups -OCH3 is 1. The van der Waals surface area contributed by atoms with Gasteiger partial charge in [0, 0.05) is 54.3 Å². The molecule has 1 unspecified atom stereocenters. The van der Waals surface area contributed by atoms with Crippen molar-refractivity contribution in [3.05, 3.63) is 131 Å². The summed E-state index contributed by atoms with van der Waals surface area (Å²) < 4.78 is 9.22. The van der Waals surface area contributed by atoms with Gasteiger partial charge in [-0.05, 0) is 54.4 Å². The number of hydrogen-bond donors (Lipinski definition) is 1. The highest BCUT2D eigenvalue weighted by molar-refractivity contribution is 5.88. The van der Waals surface area contributed by atoms with E-state index in [9.17, 15) is 10.4 Å². The van der Waals surface area contributed by atoms with Gasteiger partial charge in [0.1, 0.15) is 6.07 Å². The first-order valence-electron chi connectivity index (χ1n) is 13.0. The largest absolute Gasteiger partial charge is 0.481 e. The monoisotopic (exact) mass is 541 g/mol. The Morgan fingerprint density at radius 1 is 1.05 bits per heavy atom. The third kappa shape index (κ3) is 4.50. The van der Waals surface area contributed by atoms with Crippen LogP contribution in [0, 0.1) is 18.3 Å². The van der Waals surface area contributed by atoms with Crippen molar-refractivity contribution in [3.63, 3.8) is 0 Å². The second-order valence-corrected chi connectivity index (χ2v) is 9.90. The number of fused-ring (bicyclic) bond motifs is 1. The summed E-state index contributed by atoms with van der Waals surface area (Å²) in [6, 6.07) is 21.4. The van der Waals surface area contributed by atoms with E-state index in [0.29, 0.717) is 51.2 Å². The van der Waals surface area contributed by atoms with Gasteiger partial charge >= 0.3 is 0 Å². The van der Waals surface area contributed by atoms with Crippen LogP contribution in [0.15, 0.2) is 91.8 Å². The van der Waals surface area contributed by atoms with Gasteiger partial charge in [-0.3, -0.25) is 4.98 Å². The van der Waals surface area contributed by atoms with Gasteiger partial charge in [-0.25, -0.2) is 14.6 Å². The third-order valence-electron chi connectivity index (χ3n) is 7.37. The number of aliphatic hydroxyl groups is 1. The van der Waals surface area contributed by atoms with E-state index in [-0.39, 0.29) is 0 Å². The topological polar surface area (TPSA) is 115 Å². The molecule has 1 N–H and O–H groups in total. The van der Waals surface area contributed by atoms with E-state index in [1.54, 1.807) is 47.3 Å². The molecule has 4 aromatic heterocycles. The smallest absolute Gasteiger partial charge is 0.218 e. The molecule has 202 valence electrons. The Labute approximate surface area is 237 Å². The minimum Gasteiger partial charge on any atom is -0.481 e. The molecular formula is C32H27N7O2. The lowest BCUT2D eigenvalue weighted by atomic mass is 9.83. The summed E-state index contributed by atoms with van der Waals surface area (Å²) in [5.74, 6) is 0.391. The molecule has 6 aromatic rings. The fraction of sp³-hybridized carbons (Fsp3) is 0.156. The number of hydrogen-bond acceptors (Lipinski definition) is 7. The van der Waals surface area contributed by atoms with Crippen LogP contribution in [0.25, 0.3) is 16.6 Å². The highest BCUT2D eigenvalue weighted by atomic mass is 16.5. The van der Waals surface area contributed by atoms with E-state index in [1.165, 1.54) is 0 Å². The average Bonchev–Trinajstić information content (AvgIpc) is 3.69. The summed E-state index contributed by atoms with van der Waals surface area (Å²) in [6.07, 6.45) is 9.01. The van der Waals surface area contributed by atoms with E-state index in [2.05, 4.69) is 21.1 Å². The number of nitriles is 1. The van der Waals surface area contributed by atoms with Crippen molar-refractivity contribution in [3.8, 4) is 17.6 Å². The maximum atomic E-state index is 12.4. The Morgan fingerprint density at radius 2 is 1.85 bits per heavy atom. The fourth-order valence-electron chi connectivity index (χ4n) is 5.21. The Morgan fingerprint density at radius 3 is 2.49 bits per heavy atom. The molecule has 9 heteroatoms. The first-order chi connectivity index (χ1) is 19.9. The van der Waals surface area contributed by atoms with Crippen LogP contribution in [0.3, 0.4) is 0 Å². The molecule has 0 spiro atoms. The number of aromatic nitrogens is 6. The fourth-order valence-corrected chi connectivity index (χ4v) is 5.21. The van der Waals surface area contributed by atoms with Crippen LogP contribution in [-0.2, 0) is 19.1 Å². The zero-order chi connectivity index (χ0) is 28.6. The molecule has 41 heavy (non-hydrogen) atoms. The van der Waals surface area contributed by atoms with Crippen LogP contribution in [0.5, 0.6) is 5.88 Å². The van der Waals surface area contributed by atoms with Gasteiger partial charge in [-0.2, -0.15) is 10.4 Å². The zero-order valence-corrected chi connectivity index (χ0v) is 22.9. The van der Waals surface area contributed by atoms with Crippen molar-refractivity contribution >= 4 is 10.9 Å². The van der Waals surface area contributed by atoms with Gasteiger partial charge in [0.15, 0.2) is 5.60 Å². The predicted octanol–water partition coefficient (Wildman–Crippen LogP) is 4.61. The van der Waals surface area contributed by atoms with Crippen LogP contribution in [0.2, 0.25) is 0 Å². The average molecular weight is 542 g/mol. The van der Waals surface area contributed by atoms with Crippen LogP contribution >= 0.6 is 0 Å². The minimum atomic E-state index is -1.57. The van der Waals surface area contributed by atoms with Crippen LogP contribution in [-0.4, -0.2) is 41.5 Å². The molecule has 9 nitrogen and oxygen atoms in total. The van der Waals surface area contributed by atoms with Crippen LogP contribution in [0.1, 0.15) is 39.2 Å². The molecule has 0 saturated carbocycles. The molecular weight excluding hydrogens is 514 g/mol. The van der Waals surface area contributed by atoms with E-state index >= 15 is 0 Å². The van der Waals surface area contributed by atoms with Crippen molar-refractivity contribution in [1.82, 2.24) is 29.3 Å². The second-order valence-electron chi connectivity index (χ2n) is 9.90. The summed E-state index contributed by atoms with van der Waals surface area (Å²) in [5.41, 5.74) is 4.62.